The predicted molar refractivity (Wildman–Crippen MR) is 82.7 cm³/mol. The molecule has 0 atom stereocenters. The fourth-order valence-corrected chi connectivity index (χ4v) is 1.76. The highest BCUT2D eigenvalue weighted by atomic mass is 32.1. The Bertz CT molecular complexity index is 549. The molecule has 1 aliphatic rings. The van der Waals surface area contributed by atoms with Gasteiger partial charge in [0.15, 0.2) is 5.11 Å². The first-order valence-electron chi connectivity index (χ1n) is 5.88. The van der Waals surface area contributed by atoms with E-state index in [0.29, 0.717) is 5.11 Å². The number of ether oxygens (including phenoxy) is 1. The van der Waals surface area contributed by atoms with Gasteiger partial charge in [-0.05, 0) is 36.3 Å². The molecule has 4 nitrogen and oxygen atoms in total. The van der Waals surface area contributed by atoms with Gasteiger partial charge in [-0.15, -0.1) is 0 Å². The summed E-state index contributed by atoms with van der Waals surface area (Å²) >= 11 is 5.14. The van der Waals surface area contributed by atoms with Crippen LogP contribution in [0.1, 0.15) is 6.42 Å². The van der Waals surface area contributed by atoms with Crippen LogP contribution in [0.4, 0.5) is 5.69 Å². The molecule has 0 saturated heterocycles. The SMILES string of the molecule is COc1cccc(NC(=S)N/N=C/C2=CC=CC2)c1. The van der Waals surface area contributed by atoms with E-state index in [4.69, 9.17) is 17.0 Å². The molecule has 2 rings (SSSR count). The van der Waals surface area contributed by atoms with E-state index in [9.17, 15) is 0 Å². The van der Waals surface area contributed by atoms with Gasteiger partial charge in [-0.25, -0.2) is 0 Å². The van der Waals surface area contributed by atoms with Crippen LogP contribution in [0.3, 0.4) is 0 Å². The molecule has 98 valence electrons. The molecule has 2 N–H and O–H groups in total. The Kier molecular flexibility index (Phi) is 4.69. The molecule has 1 aromatic rings. The van der Waals surface area contributed by atoms with Crippen molar-refractivity contribution < 1.29 is 4.74 Å². The summed E-state index contributed by atoms with van der Waals surface area (Å²) in [7, 11) is 1.63. The van der Waals surface area contributed by atoms with Crippen LogP contribution in [0.15, 0.2) is 53.2 Å². The van der Waals surface area contributed by atoms with Crippen molar-refractivity contribution in [1.82, 2.24) is 5.43 Å². The van der Waals surface area contributed by atoms with Crippen molar-refractivity contribution in [3.05, 3.63) is 48.1 Å². The number of nitrogens with zero attached hydrogens (tertiary/aromatic N) is 1. The number of rotatable bonds is 4. The highest BCUT2D eigenvalue weighted by Crippen LogP contribution is 2.16. The highest BCUT2D eigenvalue weighted by molar-refractivity contribution is 7.80. The maximum atomic E-state index is 5.14. The van der Waals surface area contributed by atoms with Crippen LogP contribution in [0.25, 0.3) is 0 Å². The summed E-state index contributed by atoms with van der Waals surface area (Å²) in [5.74, 6) is 0.776. The molecular weight excluding hydrogens is 258 g/mol. The molecule has 1 aromatic carbocycles. The monoisotopic (exact) mass is 273 g/mol. The number of hydrogen-bond acceptors (Lipinski definition) is 3. The summed E-state index contributed by atoms with van der Waals surface area (Å²) in [5, 5.41) is 7.55. The first-order valence-corrected chi connectivity index (χ1v) is 6.28. The van der Waals surface area contributed by atoms with Gasteiger partial charge in [0, 0.05) is 11.8 Å². The molecule has 0 radical (unpaired) electrons. The van der Waals surface area contributed by atoms with Crippen LogP contribution >= 0.6 is 12.2 Å². The van der Waals surface area contributed by atoms with Crippen LogP contribution in [0.5, 0.6) is 5.75 Å². The van der Waals surface area contributed by atoms with Gasteiger partial charge in [-0.3, -0.25) is 5.43 Å². The molecule has 0 amide bonds. The smallest absolute Gasteiger partial charge is 0.191 e. The van der Waals surface area contributed by atoms with Gasteiger partial charge in [-0.1, -0.05) is 24.3 Å². The third-order valence-corrected chi connectivity index (χ3v) is 2.72. The van der Waals surface area contributed by atoms with Gasteiger partial charge in [-0.2, -0.15) is 5.10 Å². The summed E-state index contributed by atoms with van der Waals surface area (Å²) < 4.78 is 5.14. The largest absolute Gasteiger partial charge is 0.497 e. The van der Waals surface area contributed by atoms with Crippen molar-refractivity contribution in [3.63, 3.8) is 0 Å². The highest BCUT2D eigenvalue weighted by Gasteiger charge is 1.98. The molecule has 5 heteroatoms. The van der Waals surface area contributed by atoms with Crippen molar-refractivity contribution in [1.29, 1.82) is 0 Å². The van der Waals surface area contributed by atoms with E-state index in [1.165, 1.54) is 0 Å². The fourth-order valence-electron chi connectivity index (χ4n) is 1.59. The van der Waals surface area contributed by atoms with E-state index in [0.717, 1.165) is 23.4 Å². The summed E-state index contributed by atoms with van der Waals surface area (Å²) in [6, 6.07) is 7.53. The zero-order valence-corrected chi connectivity index (χ0v) is 11.4. The second-order valence-corrected chi connectivity index (χ2v) is 4.34. The van der Waals surface area contributed by atoms with E-state index >= 15 is 0 Å². The Hall–Kier alpha value is -2.14. The third-order valence-electron chi connectivity index (χ3n) is 2.52. The van der Waals surface area contributed by atoms with Gasteiger partial charge < -0.3 is 10.1 Å². The number of methoxy groups -OCH3 is 1. The number of benzene rings is 1. The lowest BCUT2D eigenvalue weighted by atomic mass is 10.3. The molecule has 0 aromatic heterocycles. The van der Waals surface area contributed by atoms with E-state index in [1.54, 1.807) is 13.3 Å². The number of anilines is 1. The average molecular weight is 273 g/mol. The number of thiocarbonyl (C=S) groups is 1. The average Bonchev–Trinajstić information content (AvgIpc) is 2.92. The van der Waals surface area contributed by atoms with Crippen molar-refractivity contribution >= 4 is 29.2 Å². The molecular formula is C14H15N3OS. The van der Waals surface area contributed by atoms with Crippen molar-refractivity contribution in [2.24, 2.45) is 5.10 Å². The van der Waals surface area contributed by atoms with Crippen molar-refractivity contribution in [2.45, 2.75) is 6.42 Å². The van der Waals surface area contributed by atoms with E-state index < -0.39 is 0 Å². The van der Waals surface area contributed by atoms with Crippen LogP contribution in [0, 0.1) is 0 Å². The summed E-state index contributed by atoms with van der Waals surface area (Å²) in [5.41, 5.74) is 4.78. The quantitative estimate of drug-likeness (QED) is 0.503. The normalized spacial score (nSPS) is 13.4. The second kappa shape index (κ2) is 6.70. The molecule has 1 aliphatic carbocycles. The fraction of sp³-hybridized carbons (Fsp3) is 0.143. The number of allylic oxidation sites excluding steroid dienone is 4. The Morgan fingerprint density at radius 2 is 2.37 bits per heavy atom. The minimum atomic E-state index is 0.441. The molecule has 0 fully saturated rings. The molecule has 19 heavy (non-hydrogen) atoms. The van der Waals surface area contributed by atoms with Crippen LogP contribution < -0.4 is 15.5 Å². The minimum absolute atomic E-state index is 0.441. The summed E-state index contributed by atoms with van der Waals surface area (Å²) in [4.78, 5) is 0. The summed E-state index contributed by atoms with van der Waals surface area (Å²) in [6.45, 7) is 0. The number of hydrazone groups is 1. The predicted octanol–water partition coefficient (Wildman–Crippen LogP) is 2.85. The van der Waals surface area contributed by atoms with Crippen molar-refractivity contribution in [2.75, 3.05) is 12.4 Å². The molecule has 0 unspecified atom stereocenters. The van der Waals surface area contributed by atoms with Crippen molar-refractivity contribution in [3.8, 4) is 5.75 Å². The first-order chi connectivity index (χ1) is 9.28. The van der Waals surface area contributed by atoms with Gasteiger partial charge in [0.05, 0.1) is 13.3 Å². The molecule has 0 saturated carbocycles. The van der Waals surface area contributed by atoms with E-state index in [-0.39, 0.29) is 0 Å². The second-order valence-electron chi connectivity index (χ2n) is 3.93. The van der Waals surface area contributed by atoms with Gasteiger partial charge in [0.1, 0.15) is 5.75 Å². The maximum absolute atomic E-state index is 5.14. The Morgan fingerprint density at radius 1 is 1.47 bits per heavy atom. The molecule has 0 heterocycles. The lowest BCUT2D eigenvalue weighted by molar-refractivity contribution is 0.415. The van der Waals surface area contributed by atoms with E-state index in [2.05, 4.69) is 21.9 Å². The number of nitrogens with one attached hydrogen (secondary N) is 2. The molecule has 0 spiro atoms. The molecule has 0 bridgehead atoms. The standard InChI is InChI=1S/C14H15N3OS/c1-18-13-8-4-7-12(9-13)16-14(19)17-15-10-11-5-2-3-6-11/h2-5,7-10H,6H2,1H3,(H2,16,17,19)/b15-10+. The zero-order chi connectivity index (χ0) is 13.5. The maximum Gasteiger partial charge on any atom is 0.191 e. The summed E-state index contributed by atoms with van der Waals surface area (Å²) in [6.07, 6.45) is 8.78. The lowest BCUT2D eigenvalue weighted by Crippen LogP contribution is -2.23. The lowest BCUT2D eigenvalue weighted by Gasteiger charge is -2.08. The Morgan fingerprint density at radius 3 is 3.11 bits per heavy atom. The molecule has 0 aliphatic heterocycles. The van der Waals surface area contributed by atoms with Crippen LogP contribution in [0.2, 0.25) is 0 Å². The van der Waals surface area contributed by atoms with Crippen LogP contribution in [-0.2, 0) is 0 Å². The zero-order valence-electron chi connectivity index (χ0n) is 10.6. The minimum Gasteiger partial charge on any atom is -0.497 e. The Labute approximate surface area is 117 Å². The number of hydrogen-bond donors (Lipinski definition) is 2. The van der Waals surface area contributed by atoms with Gasteiger partial charge >= 0.3 is 0 Å². The van der Waals surface area contributed by atoms with Gasteiger partial charge in [0.2, 0.25) is 0 Å². The third kappa shape index (κ3) is 4.22. The topological polar surface area (TPSA) is 45.6 Å². The van der Waals surface area contributed by atoms with Gasteiger partial charge in [0.25, 0.3) is 0 Å². The van der Waals surface area contributed by atoms with Crippen LogP contribution in [-0.4, -0.2) is 18.4 Å². The Balaban J connectivity index is 1.83. The van der Waals surface area contributed by atoms with E-state index in [1.807, 2.05) is 36.4 Å². The first kappa shape index (κ1) is 13.3.